The Hall–Kier alpha value is -3.16. The molecule has 0 aliphatic carbocycles. The van der Waals surface area contributed by atoms with Crippen molar-refractivity contribution in [1.29, 1.82) is 0 Å². The first-order chi connectivity index (χ1) is 12.0. The Morgan fingerprint density at radius 3 is 2.64 bits per heavy atom. The number of imidazole rings is 1. The van der Waals surface area contributed by atoms with E-state index in [1.165, 1.54) is 0 Å². The fraction of sp³-hybridized carbons (Fsp3) is 0.294. The van der Waals surface area contributed by atoms with Gasteiger partial charge in [-0.2, -0.15) is 4.98 Å². The first-order valence-electron chi connectivity index (χ1n) is 7.97. The molecule has 8 nitrogen and oxygen atoms in total. The Morgan fingerprint density at radius 1 is 1.28 bits per heavy atom. The number of carbonyl (C=O) groups excluding carboxylic acids is 1. The molecule has 0 aliphatic heterocycles. The van der Waals surface area contributed by atoms with Gasteiger partial charge < -0.3 is 19.7 Å². The summed E-state index contributed by atoms with van der Waals surface area (Å²) in [5, 5.41) is 9.32. The zero-order valence-electron chi connectivity index (χ0n) is 14.4. The predicted molar refractivity (Wildman–Crippen MR) is 91.1 cm³/mol. The molecule has 25 heavy (non-hydrogen) atoms. The average Bonchev–Trinajstić information content (AvgIpc) is 3.21. The molecule has 8 heteroatoms. The van der Waals surface area contributed by atoms with Crippen LogP contribution >= 0.6 is 0 Å². The third-order valence-electron chi connectivity index (χ3n) is 3.82. The molecule has 0 aliphatic rings. The molecule has 0 fully saturated rings. The number of nitrogens with zero attached hydrogens (tertiary/aromatic N) is 4. The van der Waals surface area contributed by atoms with Gasteiger partial charge in [-0.3, -0.25) is 0 Å². The van der Waals surface area contributed by atoms with Gasteiger partial charge >= 0.3 is 6.03 Å². The largest absolute Gasteiger partial charge is 0.340 e. The maximum Gasteiger partial charge on any atom is 0.315 e. The molecule has 2 aromatic heterocycles. The van der Waals surface area contributed by atoms with Gasteiger partial charge in [-0.1, -0.05) is 17.3 Å². The van der Waals surface area contributed by atoms with Crippen LogP contribution in [0.25, 0.3) is 5.69 Å². The van der Waals surface area contributed by atoms with Crippen LogP contribution < -0.4 is 10.6 Å². The molecular formula is C17H20N6O2. The molecule has 0 saturated carbocycles. The van der Waals surface area contributed by atoms with Gasteiger partial charge in [-0.15, -0.1) is 0 Å². The minimum atomic E-state index is -0.288. The number of benzene rings is 1. The number of amides is 2. The normalized spacial score (nSPS) is 12.0. The van der Waals surface area contributed by atoms with E-state index in [9.17, 15) is 4.79 Å². The number of aromatic nitrogens is 4. The summed E-state index contributed by atoms with van der Waals surface area (Å²) in [4.78, 5) is 20.2. The molecule has 0 radical (unpaired) electrons. The van der Waals surface area contributed by atoms with Crippen molar-refractivity contribution in [1.82, 2.24) is 30.3 Å². The molecule has 2 heterocycles. The lowest BCUT2D eigenvalue weighted by molar-refractivity contribution is 0.237. The molecular weight excluding hydrogens is 320 g/mol. The third kappa shape index (κ3) is 4.03. The first-order valence-corrected chi connectivity index (χ1v) is 7.97. The van der Waals surface area contributed by atoms with Crippen molar-refractivity contribution in [2.75, 3.05) is 0 Å². The molecule has 3 rings (SSSR count). The summed E-state index contributed by atoms with van der Waals surface area (Å²) in [5.74, 6) is 1.84. The minimum absolute atomic E-state index is 0.134. The summed E-state index contributed by atoms with van der Waals surface area (Å²) in [6, 6.07) is 7.56. The van der Waals surface area contributed by atoms with Crippen molar-refractivity contribution in [3.05, 3.63) is 59.8 Å². The van der Waals surface area contributed by atoms with Gasteiger partial charge in [0.15, 0.2) is 5.82 Å². The second-order valence-electron chi connectivity index (χ2n) is 5.71. The number of carbonyl (C=O) groups is 1. The number of nitrogens with one attached hydrogen (secondary N) is 2. The van der Waals surface area contributed by atoms with E-state index in [2.05, 4.69) is 25.8 Å². The molecule has 130 valence electrons. The van der Waals surface area contributed by atoms with Crippen molar-refractivity contribution >= 4 is 6.03 Å². The van der Waals surface area contributed by atoms with Crippen molar-refractivity contribution in [3.63, 3.8) is 0 Å². The summed E-state index contributed by atoms with van der Waals surface area (Å²) in [6.07, 6.45) is 3.68. The van der Waals surface area contributed by atoms with Crippen LogP contribution in [0.15, 0.2) is 41.2 Å². The zero-order valence-corrected chi connectivity index (χ0v) is 14.4. The van der Waals surface area contributed by atoms with Crippen LogP contribution in [-0.2, 0) is 6.54 Å². The zero-order chi connectivity index (χ0) is 17.8. The van der Waals surface area contributed by atoms with E-state index in [4.69, 9.17) is 4.52 Å². The Balaban J connectivity index is 1.56. The van der Waals surface area contributed by atoms with Gasteiger partial charge in [-0.25, -0.2) is 9.78 Å². The number of hydrogen-bond donors (Lipinski definition) is 2. The lowest BCUT2D eigenvalue weighted by Crippen LogP contribution is -2.36. The molecule has 0 saturated heterocycles. The van der Waals surface area contributed by atoms with E-state index in [0.29, 0.717) is 11.7 Å². The Labute approximate surface area is 145 Å². The predicted octanol–water partition coefficient (Wildman–Crippen LogP) is 2.43. The smallest absolute Gasteiger partial charge is 0.315 e. The Kier molecular flexibility index (Phi) is 4.78. The van der Waals surface area contributed by atoms with Gasteiger partial charge in [0.1, 0.15) is 5.82 Å². The highest BCUT2D eigenvalue weighted by Gasteiger charge is 2.11. The molecule has 1 unspecified atom stereocenters. The SMILES string of the molecule is Cc1nc(CNC(=O)NC(C)c2ccc(-n3ccnc3C)cc2)no1. The van der Waals surface area contributed by atoms with E-state index in [-0.39, 0.29) is 18.6 Å². The molecule has 1 atom stereocenters. The minimum Gasteiger partial charge on any atom is -0.340 e. The topological polar surface area (TPSA) is 97.9 Å². The van der Waals surface area contributed by atoms with Gasteiger partial charge in [-0.05, 0) is 31.5 Å². The second-order valence-corrected chi connectivity index (χ2v) is 5.71. The summed E-state index contributed by atoms with van der Waals surface area (Å²) in [6.45, 7) is 5.80. The van der Waals surface area contributed by atoms with E-state index >= 15 is 0 Å². The van der Waals surface area contributed by atoms with Crippen LogP contribution in [0, 0.1) is 13.8 Å². The Bertz CT molecular complexity index is 852. The molecule has 0 bridgehead atoms. The lowest BCUT2D eigenvalue weighted by atomic mass is 10.1. The quantitative estimate of drug-likeness (QED) is 0.743. The highest BCUT2D eigenvalue weighted by atomic mass is 16.5. The molecule has 3 aromatic rings. The van der Waals surface area contributed by atoms with E-state index < -0.39 is 0 Å². The summed E-state index contributed by atoms with van der Waals surface area (Å²) in [5.41, 5.74) is 2.04. The first kappa shape index (κ1) is 16.7. The van der Waals surface area contributed by atoms with Gasteiger partial charge in [0.2, 0.25) is 5.89 Å². The molecule has 1 aromatic carbocycles. The fourth-order valence-corrected chi connectivity index (χ4v) is 2.48. The number of aryl methyl sites for hydroxylation is 2. The Morgan fingerprint density at radius 2 is 2.04 bits per heavy atom. The number of hydrogen-bond acceptors (Lipinski definition) is 5. The van der Waals surface area contributed by atoms with Crippen LogP contribution in [0.4, 0.5) is 4.79 Å². The van der Waals surface area contributed by atoms with Crippen LogP contribution in [0.1, 0.15) is 36.1 Å². The second kappa shape index (κ2) is 7.16. The van der Waals surface area contributed by atoms with Crippen LogP contribution in [0.3, 0.4) is 0 Å². The fourth-order valence-electron chi connectivity index (χ4n) is 2.48. The maximum atomic E-state index is 12.0. The summed E-state index contributed by atoms with van der Waals surface area (Å²) < 4.78 is 6.86. The van der Waals surface area contributed by atoms with Crippen molar-refractivity contribution < 1.29 is 9.32 Å². The van der Waals surface area contributed by atoms with Crippen molar-refractivity contribution in [3.8, 4) is 5.69 Å². The lowest BCUT2D eigenvalue weighted by Gasteiger charge is -2.15. The van der Waals surface area contributed by atoms with E-state index in [1.807, 2.05) is 48.9 Å². The third-order valence-corrected chi connectivity index (χ3v) is 3.82. The monoisotopic (exact) mass is 340 g/mol. The maximum absolute atomic E-state index is 12.0. The highest BCUT2D eigenvalue weighted by molar-refractivity contribution is 5.74. The van der Waals surface area contributed by atoms with Crippen molar-refractivity contribution in [2.45, 2.75) is 33.4 Å². The van der Waals surface area contributed by atoms with E-state index in [1.54, 1.807) is 13.1 Å². The standard InChI is InChI=1S/C17H20N6O2/c1-11(20-17(24)19-10-16-21-13(3)25-22-16)14-4-6-15(7-5-14)23-9-8-18-12(23)2/h4-9,11H,10H2,1-3H3,(H2,19,20,24). The van der Waals surface area contributed by atoms with Gasteiger partial charge in [0, 0.05) is 25.0 Å². The number of urea groups is 1. The highest BCUT2D eigenvalue weighted by Crippen LogP contribution is 2.16. The summed E-state index contributed by atoms with van der Waals surface area (Å²) in [7, 11) is 0. The summed E-state index contributed by atoms with van der Waals surface area (Å²) >= 11 is 0. The van der Waals surface area contributed by atoms with Gasteiger partial charge in [0.05, 0.1) is 12.6 Å². The van der Waals surface area contributed by atoms with Crippen LogP contribution in [-0.4, -0.2) is 25.7 Å². The average molecular weight is 340 g/mol. The number of rotatable bonds is 5. The van der Waals surface area contributed by atoms with Crippen LogP contribution in [0.2, 0.25) is 0 Å². The van der Waals surface area contributed by atoms with Crippen LogP contribution in [0.5, 0.6) is 0 Å². The van der Waals surface area contributed by atoms with E-state index in [0.717, 1.165) is 17.1 Å². The molecule has 2 N–H and O–H groups in total. The molecule has 2 amide bonds. The van der Waals surface area contributed by atoms with Crippen molar-refractivity contribution in [2.24, 2.45) is 0 Å². The van der Waals surface area contributed by atoms with Gasteiger partial charge in [0.25, 0.3) is 0 Å². The molecule has 0 spiro atoms.